The van der Waals surface area contributed by atoms with Crippen LogP contribution < -0.4 is 0 Å². The monoisotopic (exact) mass is 110 g/mol. The molecule has 0 aromatic heterocycles. The minimum absolute atomic E-state index is 1.36. The zero-order valence-corrected chi connectivity index (χ0v) is 5.19. The van der Waals surface area contributed by atoms with E-state index in [0.29, 0.717) is 0 Å². The topological polar surface area (TPSA) is 3.24 Å². The Balaban J connectivity index is 1.79. The molecule has 2 rings (SSSR count). The average molecular weight is 110 g/mol. The molecule has 0 unspecified atom stereocenters. The molecule has 2 aliphatic rings. The van der Waals surface area contributed by atoms with E-state index in [1.165, 1.54) is 38.8 Å². The Morgan fingerprint density at radius 1 is 1.00 bits per heavy atom. The summed E-state index contributed by atoms with van der Waals surface area (Å²) in [5, 5.41) is 0. The summed E-state index contributed by atoms with van der Waals surface area (Å²) in [5.41, 5.74) is 0. The van der Waals surface area contributed by atoms with Gasteiger partial charge < -0.3 is 0 Å². The lowest BCUT2D eigenvalue weighted by Gasteiger charge is -2.42. The predicted octanol–water partition coefficient (Wildman–Crippen LogP) is 1.41. The van der Waals surface area contributed by atoms with Gasteiger partial charge in [0.15, 0.2) is 0 Å². The number of nitrogens with zero attached hydrogens (tertiary/aromatic N) is 1. The number of rotatable bonds is 1. The molecule has 0 N–H and O–H groups in total. The van der Waals surface area contributed by atoms with E-state index in [-0.39, 0.29) is 0 Å². The quantitative estimate of drug-likeness (QED) is 0.493. The van der Waals surface area contributed by atoms with Crippen LogP contribution in [0, 0.1) is 6.04 Å². The van der Waals surface area contributed by atoms with Gasteiger partial charge >= 0.3 is 0 Å². The maximum Gasteiger partial charge on any atom is 0.0393 e. The Hall–Kier alpha value is -0.0400. The van der Waals surface area contributed by atoms with Gasteiger partial charge in [-0.25, -0.2) is 0 Å². The molecule has 1 heteroatoms. The maximum atomic E-state index is 2.53. The van der Waals surface area contributed by atoms with Crippen molar-refractivity contribution in [2.45, 2.75) is 25.7 Å². The summed E-state index contributed by atoms with van der Waals surface area (Å²) in [6.45, 7) is 2.71. The van der Waals surface area contributed by atoms with Crippen molar-refractivity contribution >= 4 is 0 Å². The molecule has 1 saturated carbocycles. The molecule has 2 fully saturated rings. The van der Waals surface area contributed by atoms with Gasteiger partial charge in [-0.2, -0.15) is 0 Å². The highest BCUT2D eigenvalue weighted by Crippen LogP contribution is 2.34. The highest BCUT2D eigenvalue weighted by Gasteiger charge is 2.28. The Morgan fingerprint density at radius 2 is 1.75 bits per heavy atom. The normalized spacial score (nSPS) is 31.5. The third kappa shape index (κ3) is 0.576. The first-order valence-corrected chi connectivity index (χ1v) is 3.56. The lowest BCUT2D eigenvalue weighted by molar-refractivity contribution is 0.144. The van der Waals surface area contributed by atoms with Crippen LogP contribution in [-0.2, 0) is 0 Å². The van der Waals surface area contributed by atoms with Crippen molar-refractivity contribution in [2.24, 2.45) is 0 Å². The number of likely N-dealkylation sites (tertiary alicyclic amines) is 1. The van der Waals surface area contributed by atoms with Crippen molar-refractivity contribution < 1.29 is 0 Å². The van der Waals surface area contributed by atoms with Crippen LogP contribution in [0.5, 0.6) is 0 Å². The summed E-state index contributed by atoms with van der Waals surface area (Å²) in [6.07, 6.45) is 5.69. The SMILES string of the molecule is C1C[C](N2CCC2)C1. The molecule has 1 aliphatic carbocycles. The molecule has 0 bridgehead atoms. The molecule has 0 spiro atoms. The fourth-order valence-electron chi connectivity index (χ4n) is 1.28. The number of hydrogen-bond acceptors (Lipinski definition) is 1. The van der Waals surface area contributed by atoms with Crippen molar-refractivity contribution in [3.8, 4) is 0 Å². The third-order valence-corrected chi connectivity index (χ3v) is 2.23. The van der Waals surface area contributed by atoms with E-state index in [0.717, 1.165) is 0 Å². The molecule has 0 aromatic carbocycles. The Morgan fingerprint density at radius 3 is 1.88 bits per heavy atom. The minimum atomic E-state index is 1.36. The predicted molar refractivity (Wildman–Crippen MR) is 33.3 cm³/mol. The summed E-state index contributed by atoms with van der Waals surface area (Å²) in [5.74, 6) is 0. The lowest BCUT2D eigenvalue weighted by Crippen LogP contribution is -2.42. The third-order valence-electron chi connectivity index (χ3n) is 2.23. The molecule has 1 aliphatic heterocycles. The summed E-state index contributed by atoms with van der Waals surface area (Å²) < 4.78 is 0. The molecule has 8 heavy (non-hydrogen) atoms. The van der Waals surface area contributed by atoms with Crippen LogP contribution >= 0.6 is 0 Å². The van der Waals surface area contributed by atoms with E-state index in [1.807, 2.05) is 0 Å². The van der Waals surface area contributed by atoms with Gasteiger partial charge in [0, 0.05) is 6.04 Å². The number of hydrogen-bond donors (Lipinski definition) is 0. The minimum Gasteiger partial charge on any atom is -0.296 e. The average Bonchev–Trinajstić information content (AvgIpc) is 1.47. The molecular formula is C7H12N. The van der Waals surface area contributed by atoms with Crippen LogP contribution in [0.2, 0.25) is 0 Å². The first-order valence-electron chi connectivity index (χ1n) is 3.56. The summed E-state index contributed by atoms with van der Waals surface area (Å²) >= 11 is 0. The van der Waals surface area contributed by atoms with Gasteiger partial charge in [0.2, 0.25) is 0 Å². The first-order chi connectivity index (χ1) is 3.97. The van der Waals surface area contributed by atoms with Crippen LogP contribution in [0.4, 0.5) is 0 Å². The van der Waals surface area contributed by atoms with Gasteiger partial charge in [0.25, 0.3) is 0 Å². The molecule has 1 saturated heterocycles. The van der Waals surface area contributed by atoms with Gasteiger partial charge in [0.1, 0.15) is 0 Å². The largest absolute Gasteiger partial charge is 0.296 e. The van der Waals surface area contributed by atoms with Gasteiger partial charge in [-0.1, -0.05) is 0 Å². The van der Waals surface area contributed by atoms with Crippen molar-refractivity contribution in [3.63, 3.8) is 0 Å². The fourth-order valence-corrected chi connectivity index (χ4v) is 1.28. The second-order valence-corrected chi connectivity index (χ2v) is 2.76. The molecule has 1 radical (unpaired) electrons. The van der Waals surface area contributed by atoms with Crippen molar-refractivity contribution in [1.29, 1.82) is 0 Å². The molecule has 1 nitrogen and oxygen atoms in total. The van der Waals surface area contributed by atoms with Crippen LogP contribution in [0.25, 0.3) is 0 Å². The van der Waals surface area contributed by atoms with Gasteiger partial charge in [0.05, 0.1) is 0 Å². The Labute approximate surface area is 50.7 Å². The van der Waals surface area contributed by atoms with E-state index in [4.69, 9.17) is 0 Å². The van der Waals surface area contributed by atoms with Crippen LogP contribution in [-0.4, -0.2) is 18.0 Å². The van der Waals surface area contributed by atoms with Gasteiger partial charge in [-0.15, -0.1) is 0 Å². The molecule has 0 atom stereocenters. The van der Waals surface area contributed by atoms with E-state index >= 15 is 0 Å². The van der Waals surface area contributed by atoms with Crippen LogP contribution in [0.1, 0.15) is 25.7 Å². The second kappa shape index (κ2) is 1.73. The molecule has 0 amide bonds. The highest BCUT2D eigenvalue weighted by atomic mass is 15.2. The van der Waals surface area contributed by atoms with Crippen molar-refractivity contribution in [3.05, 3.63) is 6.04 Å². The summed E-state index contributed by atoms with van der Waals surface area (Å²) in [4.78, 5) is 2.53. The second-order valence-electron chi connectivity index (χ2n) is 2.76. The molecule has 1 heterocycles. The fraction of sp³-hybridized carbons (Fsp3) is 0.857. The Bertz CT molecular complexity index is 70.4. The smallest absolute Gasteiger partial charge is 0.0393 e. The van der Waals surface area contributed by atoms with Gasteiger partial charge in [-0.3, -0.25) is 4.90 Å². The maximum absolute atomic E-state index is 2.53. The van der Waals surface area contributed by atoms with Crippen molar-refractivity contribution in [2.75, 3.05) is 13.1 Å². The standard InChI is InChI=1S/C7H12N/c1-3-7(4-1)8-5-2-6-8/h1-6H2. The van der Waals surface area contributed by atoms with Crippen LogP contribution in [0.3, 0.4) is 0 Å². The zero-order valence-electron chi connectivity index (χ0n) is 5.19. The van der Waals surface area contributed by atoms with Crippen molar-refractivity contribution in [1.82, 2.24) is 4.90 Å². The summed E-state index contributed by atoms with van der Waals surface area (Å²) in [7, 11) is 0. The Kier molecular flexibility index (Phi) is 1.04. The highest BCUT2D eigenvalue weighted by molar-refractivity contribution is 5.00. The van der Waals surface area contributed by atoms with E-state index in [9.17, 15) is 0 Å². The lowest BCUT2D eigenvalue weighted by atomic mass is 9.89. The van der Waals surface area contributed by atoms with Gasteiger partial charge in [-0.05, 0) is 38.8 Å². The van der Waals surface area contributed by atoms with E-state index in [1.54, 1.807) is 6.04 Å². The van der Waals surface area contributed by atoms with E-state index in [2.05, 4.69) is 4.90 Å². The molecule has 0 aromatic rings. The zero-order chi connectivity index (χ0) is 5.40. The first kappa shape index (κ1) is 4.80. The summed E-state index contributed by atoms with van der Waals surface area (Å²) in [6, 6.07) is 1.73. The van der Waals surface area contributed by atoms with Crippen LogP contribution in [0.15, 0.2) is 0 Å². The molecule has 45 valence electrons. The van der Waals surface area contributed by atoms with E-state index < -0.39 is 0 Å². The molecular weight excluding hydrogens is 98.1 g/mol.